The first kappa shape index (κ1) is 13.7. The topological polar surface area (TPSA) is 25.1 Å². The fourth-order valence-electron chi connectivity index (χ4n) is 2.52. The van der Waals surface area contributed by atoms with E-state index in [2.05, 4.69) is 53.3 Å². The van der Waals surface area contributed by atoms with E-state index in [1.165, 1.54) is 20.1 Å². The van der Waals surface area contributed by atoms with Gasteiger partial charge in [-0.3, -0.25) is 0 Å². The zero-order valence-corrected chi connectivity index (χ0v) is 13.9. The minimum atomic E-state index is 0.875. The zero-order valence-electron chi connectivity index (χ0n) is 12.3. The molecule has 0 aliphatic carbocycles. The van der Waals surface area contributed by atoms with Crippen molar-refractivity contribution in [2.45, 2.75) is 4.90 Å². The third kappa shape index (κ3) is 2.26. The molecule has 0 atom stereocenters. The monoisotopic (exact) mass is 327 g/mol. The van der Waals surface area contributed by atoms with Crippen LogP contribution in [0.4, 0.5) is 5.69 Å². The number of nitrogens with one attached hydrogen (secondary N) is 1. The molecular formula is C17H15N2OS2+. The molecule has 5 heteroatoms. The van der Waals surface area contributed by atoms with Crippen molar-refractivity contribution < 1.29 is 9.30 Å². The Kier molecular flexibility index (Phi) is 3.32. The minimum absolute atomic E-state index is 0.875. The maximum absolute atomic E-state index is 5.28. The zero-order chi connectivity index (χ0) is 15.1. The van der Waals surface area contributed by atoms with E-state index in [4.69, 9.17) is 4.74 Å². The number of thiazole rings is 1. The van der Waals surface area contributed by atoms with Crippen LogP contribution >= 0.6 is 23.1 Å². The Morgan fingerprint density at radius 2 is 2.05 bits per heavy atom. The maximum Gasteiger partial charge on any atom is 0.265 e. The molecule has 3 aromatic rings. The lowest BCUT2D eigenvalue weighted by Gasteiger charge is -2.01. The number of ether oxygens (including phenoxy) is 1. The van der Waals surface area contributed by atoms with Crippen LogP contribution < -0.4 is 14.6 Å². The molecule has 3 nitrogen and oxygen atoms in total. The van der Waals surface area contributed by atoms with Gasteiger partial charge in [-0.1, -0.05) is 35.2 Å². The minimum Gasteiger partial charge on any atom is -0.497 e. The molecular weight excluding hydrogens is 312 g/mol. The average Bonchev–Trinajstić information content (AvgIpc) is 3.08. The van der Waals surface area contributed by atoms with E-state index in [-0.39, 0.29) is 0 Å². The highest BCUT2D eigenvalue weighted by atomic mass is 32.2. The summed E-state index contributed by atoms with van der Waals surface area (Å²) in [6.45, 7) is 0. The fourth-order valence-corrected chi connectivity index (χ4v) is 4.62. The second kappa shape index (κ2) is 5.34. The molecule has 0 saturated heterocycles. The molecule has 0 bridgehead atoms. The predicted molar refractivity (Wildman–Crippen MR) is 93.5 cm³/mol. The van der Waals surface area contributed by atoms with Gasteiger partial charge in [-0.05, 0) is 18.2 Å². The van der Waals surface area contributed by atoms with Crippen molar-refractivity contribution in [1.82, 2.24) is 0 Å². The Morgan fingerprint density at radius 1 is 1.18 bits per heavy atom. The van der Waals surface area contributed by atoms with Crippen LogP contribution in [0.15, 0.2) is 52.4 Å². The van der Waals surface area contributed by atoms with Crippen LogP contribution in [0.5, 0.6) is 5.75 Å². The highest BCUT2D eigenvalue weighted by Crippen LogP contribution is 2.43. The standard InChI is InChI=1S/C17H14N2OS2/c1-19-13-5-3-4-6-15(13)22-17(19)10-16-18-12-9-11(20-2)7-8-14(12)21-16/h3-10H,1-2H3/p+1. The third-order valence-corrected chi connectivity index (χ3v) is 5.87. The number of para-hydroxylation sites is 1. The molecule has 2 heterocycles. The van der Waals surface area contributed by atoms with Crippen LogP contribution in [-0.2, 0) is 7.05 Å². The number of aromatic nitrogens is 1. The number of rotatable bonds is 2. The van der Waals surface area contributed by atoms with E-state index in [0.717, 1.165) is 16.5 Å². The highest BCUT2D eigenvalue weighted by Gasteiger charge is 2.20. The van der Waals surface area contributed by atoms with Crippen LogP contribution in [-0.4, -0.2) is 7.11 Å². The Hall–Kier alpha value is -1.98. The van der Waals surface area contributed by atoms with Crippen molar-refractivity contribution >= 4 is 45.1 Å². The summed E-state index contributed by atoms with van der Waals surface area (Å²) in [6.07, 6.45) is 2.21. The lowest BCUT2D eigenvalue weighted by molar-refractivity contribution is -0.642. The highest BCUT2D eigenvalue weighted by molar-refractivity contribution is 8.03. The second-order valence-corrected chi connectivity index (χ2v) is 7.21. The number of hydrogen-bond donors (Lipinski definition) is 1. The van der Waals surface area contributed by atoms with Crippen molar-refractivity contribution in [2.75, 3.05) is 12.4 Å². The summed E-state index contributed by atoms with van der Waals surface area (Å²) in [5.41, 5.74) is 2.38. The number of benzene rings is 2. The van der Waals surface area contributed by atoms with E-state index in [0.29, 0.717) is 0 Å². The average molecular weight is 327 g/mol. The van der Waals surface area contributed by atoms with Gasteiger partial charge in [0.1, 0.15) is 17.5 Å². The molecule has 1 aromatic heterocycles. The van der Waals surface area contributed by atoms with Gasteiger partial charge in [-0.25, -0.2) is 0 Å². The fraction of sp³-hybridized carbons (Fsp3) is 0.118. The summed E-state index contributed by atoms with van der Waals surface area (Å²) in [5.74, 6) is 0.875. The van der Waals surface area contributed by atoms with Gasteiger partial charge < -0.3 is 10.1 Å². The number of methoxy groups -OCH3 is 1. The third-order valence-electron chi connectivity index (χ3n) is 3.69. The number of aryl methyl sites for hydroxylation is 1. The van der Waals surface area contributed by atoms with Crippen LogP contribution in [0.2, 0.25) is 0 Å². The van der Waals surface area contributed by atoms with Gasteiger partial charge in [0.05, 0.1) is 23.9 Å². The van der Waals surface area contributed by atoms with Crippen molar-refractivity contribution in [2.24, 2.45) is 7.05 Å². The second-order valence-electron chi connectivity index (χ2n) is 5.06. The van der Waals surface area contributed by atoms with Crippen LogP contribution in [0.3, 0.4) is 0 Å². The number of nitrogens with zero attached hydrogens (tertiary/aromatic N) is 1. The lowest BCUT2D eigenvalue weighted by atomic mass is 10.3. The first-order valence-corrected chi connectivity index (χ1v) is 8.60. The SMILES string of the molecule is COc1ccc2c(c1)N/C(=C/c1sc3ccccc3[n+]1C)S2. The predicted octanol–water partition coefficient (Wildman–Crippen LogP) is 4.25. The van der Waals surface area contributed by atoms with Gasteiger partial charge in [0.15, 0.2) is 0 Å². The van der Waals surface area contributed by atoms with Gasteiger partial charge >= 0.3 is 0 Å². The number of thioether (sulfide) groups is 1. The summed E-state index contributed by atoms with van der Waals surface area (Å²) in [5, 5.41) is 5.84. The van der Waals surface area contributed by atoms with E-state index >= 15 is 0 Å². The van der Waals surface area contributed by atoms with Crippen LogP contribution in [0.1, 0.15) is 5.01 Å². The number of hydrogen-bond acceptors (Lipinski definition) is 4. The summed E-state index contributed by atoms with van der Waals surface area (Å²) in [6, 6.07) is 14.6. The largest absolute Gasteiger partial charge is 0.497 e. The van der Waals surface area contributed by atoms with Crippen molar-refractivity contribution in [3.63, 3.8) is 0 Å². The first-order valence-electron chi connectivity index (χ1n) is 6.97. The quantitative estimate of drug-likeness (QED) is 0.712. The van der Waals surface area contributed by atoms with E-state index < -0.39 is 0 Å². The molecule has 1 aliphatic heterocycles. The normalized spacial score (nSPS) is 15.1. The molecule has 22 heavy (non-hydrogen) atoms. The summed E-state index contributed by atoms with van der Waals surface area (Å²) >= 11 is 3.56. The van der Waals surface area contributed by atoms with E-state index in [1.807, 2.05) is 12.1 Å². The molecule has 1 aliphatic rings. The molecule has 1 N–H and O–H groups in total. The van der Waals surface area contributed by atoms with Crippen LogP contribution in [0.25, 0.3) is 16.3 Å². The maximum atomic E-state index is 5.28. The van der Waals surface area contributed by atoms with Crippen molar-refractivity contribution in [3.05, 3.63) is 52.5 Å². The van der Waals surface area contributed by atoms with Gasteiger partial charge in [0.25, 0.3) is 5.01 Å². The molecule has 0 fully saturated rings. The summed E-state index contributed by atoms with van der Waals surface area (Å²) in [7, 11) is 3.80. The van der Waals surface area contributed by atoms with Crippen molar-refractivity contribution in [3.8, 4) is 5.75 Å². The molecule has 0 saturated carbocycles. The Balaban J connectivity index is 1.70. The Bertz CT molecular complexity index is 899. The molecule has 0 spiro atoms. The Labute approximate surface area is 137 Å². The van der Waals surface area contributed by atoms with Gasteiger partial charge in [0, 0.05) is 17.0 Å². The van der Waals surface area contributed by atoms with Crippen molar-refractivity contribution in [1.29, 1.82) is 0 Å². The molecule has 0 unspecified atom stereocenters. The Morgan fingerprint density at radius 3 is 2.86 bits per heavy atom. The summed E-state index contributed by atoms with van der Waals surface area (Å²) in [4.78, 5) is 1.23. The smallest absolute Gasteiger partial charge is 0.265 e. The lowest BCUT2D eigenvalue weighted by Crippen LogP contribution is -2.28. The first-order chi connectivity index (χ1) is 10.7. The molecule has 0 amide bonds. The number of fused-ring (bicyclic) bond motifs is 2. The molecule has 2 aromatic carbocycles. The molecule has 0 radical (unpaired) electrons. The van der Waals surface area contributed by atoms with Gasteiger partial charge in [-0.2, -0.15) is 4.57 Å². The molecule has 110 valence electrons. The molecule has 4 rings (SSSR count). The van der Waals surface area contributed by atoms with Gasteiger partial charge in [-0.15, -0.1) is 0 Å². The van der Waals surface area contributed by atoms with Crippen LogP contribution in [0, 0.1) is 0 Å². The number of anilines is 1. The summed E-state index contributed by atoms with van der Waals surface area (Å²) < 4.78 is 8.82. The van der Waals surface area contributed by atoms with E-state index in [9.17, 15) is 0 Å². The van der Waals surface area contributed by atoms with Gasteiger partial charge in [0.2, 0.25) is 5.52 Å². The van der Waals surface area contributed by atoms with E-state index in [1.54, 1.807) is 30.2 Å².